The normalized spacial score (nSPS) is 21.6. The van der Waals surface area contributed by atoms with Crippen molar-refractivity contribution < 1.29 is 19.1 Å². The summed E-state index contributed by atoms with van der Waals surface area (Å²) in [5.41, 5.74) is 5.74. The third-order valence-corrected chi connectivity index (χ3v) is 10.6. The number of Topliss-reactive ketones (excluding diaryl/α,β-unsaturated/α-hetero) is 1. The minimum absolute atomic E-state index is 0.0221. The molecule has 2 N–H and O–H groups in total. The second kappa shape index (κ2) is 13.5. The Kier molecular flexibility index (Phi) is 9.98. The van der Waals surface area contributed by atoms with Gasteiger partial charge < -0.3 is 15.4 Å². The lowest BCUT2D eigenvalue weighted by atomic mass is 9.71. The van der Waals surface area contributed by atoms with E-state index in [4.69, 9.17) is 38.7 Å². The van der Waals surface area contributed by atoms with E-state index in [0.717, 1.165) is 16.7 Å². The topological polar surface area (TPSA) is 109 Å². The summed E-state index contributed by atoms with van der Waals surface area (Å²) in [7, 11) is 0. The summed E-state index contributed by atoms with van der Waals surface area (Å²) in [5.74, 6) is 0.572. The van der Waals surface area contributed by atoms with Crippen molar-refractivity contribution in [1.29, 1.82) is 0 Å². The molecule has 3 aromatic carbocycles. The van der Waals surface area contributed by atoms with Crippen molar-refractivity contribution in [3.8, 4) is 5.75 Å². The van der Waals surface area contributed by atoms with Gasteiger partial charge in [0.1, 0.15) is 28.4 Å². The van der Waals surface area contributed by atoms with Gasteiger partial charge in [0.15, 0.2) is 0 Å². The number of nitrogens with zero attached hydrogens (tertiary/aromatic N) is 4. The molecule has 5 rings (SSSR count). The van der Waals surface area contributed by atoms with Crippen molar-refractivity contribution in [2.24, 2.45) is 10.7 Å². The maximum atomic E-state index is 15.1. The lowest BCUT2D eigenvalue weighted by molar-refractivity contribution is -0.121. The first-order chi connectivity index (χ1) is 22.6. The molecule has 0 radical (unpaired) electrons. The van der Waals surface area contributed by atoms with Crippen LogP contribution in [0.3, 0.4) is 0 Å². The van der Waals surface area contributed by atoms with Crippen LogP contribution in [0.25, 0.3) is 0 Å². The smallest absolute Gasteiger partial charge is 0.326 e. The van der Waals surface area contributed by atoms with Crippen LogP contribution < -0.4 is 10.5 Å². The lowest BCUT2D eigenvalue weighted by Crippen LogP contribution is -2.61. The number of urea groups is 1. The monoisotopic (exact) mass is 691 g/mol. The van der Waals surface area contributed by atoms with Crippen LogP contribution in [0, 0.1) is 0 Å². The number of carbonyl (C=O) groups excluding carboxylic acids is 3. The second-order valence-corrected chi connectivity index (χ2v) is 14.1. The maximum Gasteiger partial charge on any atom is 0.326 e. The number of aliphatic imine (C=N–C) groups is 1. The van der Waals surface area contributed by atoms with Crippen LogP contribution in [0.4, 0.5) is 4.79 Å². The molecule has 0 bridgehead atoms. The van der Waals surface area contributed by atoms with Gasteiger partial charge in [0.05, 0.1) is 18.7 Å². The third-order valence-electron chi connectivity index (χ3n) is 10.1. The maximum absolute atomic E-state index is 15.1. The number of ether oxygens (including phenoxy) is 1. The van der Waals surface area contributed by atoms with Crippen molar-refractivity contribution >= 4 is 46.8 Å². The van der Waals surface area contributed by atoms with Crippen molar-refractivity contribution in [2.75, 3.05) is 39.3 Å². The zero-order valence-corrected chi connectivity index (χ0v) is 29.9. The van der Waals surface area contributed by atoms with Crippen LogP contribution in [0.1, 0.15) is 63.8 Å². The van der Waals surface area contributed by atoms with Gasteiger partial charge in [-0.3, -0.25) is 24.4 Å². The number of piperazine rings is 1. The molecule has 2 aliphatic heterocycles. The van der Waals surface area contributed by atoms with E-state index in [1.54, 1.807) is 16.7 Å². The van der Waals surface area contributed by atoms with E-state index in [2.05, 4.69) is 0 Å². The average Bonchev–Trinajstić information content (AvgIpc) is 3.29. The molecule has 1 fully saturated rings. The molecule has 48 heavy (non-hydrogen) atoms. The molecule has 3 amide bonds. The highest BCUT2D eigenvalue weighted by atomic mass is 35.5. The summed E-state index contributed by atoms with van der Waals surface area (Å²) < 4.78 is 6.24. The highest BCUT2D eigenvalue weighted by molar-refractivity contribution is 6.30. The van der Waals surface area contributed by atoms with Crippen LogP contribution in [0.15, 0.2) is 71.7 Å². The molecule has 254 valence electrons. The number of hydrogen-bond donors (Lipinski definition) is 1. The molecule has 1 saturated heterocycles. The van der Waals surface area contributed by atoms with Gasteiger partial charge in [-0.25, -0.2) is 4.79 Å². The van der Waals surface area contributed by atoms with Crippen LogP contribution in [0.2, 0.25) is 10.0 Å². The molecule has 2 atom stereocenters. The van der Waals surface area contributed by atoms with E-state index in [0.29, 0.717) is 60.0 Å². The molecule has 11 heteroatoms. The summed E-state index contributed by atoms with van der Waals surface area (Å²) in [5, 5.41) is 1.15. The molecule has 0 saturated carbocycles. The Morgan fingerprint density at radius 1 is 0.896 bits per heavy atom. The predicted molar refractivity (Wildman–Crippen MR) is 190 cm³/mol. The van der Waals surface area contributed by atoms with Gasteiger partial charge >= 0.3 is 6.03 Å². The third kappa shape index (κ3) is 6.31. The quantitative estimate of drug-likeness (QED) is 0.280. The Balaban J connectivity index is 1.74. The number of benzene rings is 3. The fourth-order valence-corrected chi connectivity index (χ4v) is 6.85. The fraction of sp³-hybridized carbons (Fsp3) is 0.405. The number of nitrogens with two attached hydrogens (primary N) is 1. The van der Waals surface area contributed by atoms with E-state index >= 15 is 4.79 Å². The predicted octanol–water partition coefficient (Wildman–Crippen LogP) is 6.37. The van der Waals surface area contributed by atoms with E-state index < -0.39 is 22.4 Å². The Morgan fingerprint density at radius 3 is 1.98 bits per heavy atom. The van der Waals surface area contributed by atoms with Gasteiger partial charge in [-0.2, -0.15) is 0 Å². The molecule has 0 aromatic heterocycles. The molecule has 0 aliphatic carbocycles. The fourth-order valence-electron chi connectivity index (χ4n) is 6.60. The Bertz CT molecular complexity index is 1740. The zero-order chi connectivity index (χ0) is 35.0. The van der Waals surface area contributed by atoms with Gasteiger partial charge in [0, 0.05) is 41.6 Å². The van der Waals surface area contributed by atoms with Crippen LogP contribution in [0.5, 0.6) is 5.75 Å². The first kappa shape index (κ1) is 35.4. The van der Waals surface area contributed by atoms with Gasteiger partial charge in [-0.1, -0.05) is 53.5 Å². The number of halogens is 2. The SMILES string of the molecule is CCOc1cc(C(C)(C)C(C)=O)ccc1C1=N[C@@](C)(c2ccc(Cl)cc2)[C@@](C)(c2ccc(Cl)cc2)N1C(=O)N1CCN(CC(N)=O)CC1. The molecule has 3 aromatic rings. The number of amidine groups is 1. The summed E-state index contributed by atoms with van der Waals surface area (Å²) >= 11 is 12.7. The Labute approximate surface area is 292 Å². The van der Waals surface area contributed by atoms with Gasteiger partial charge in [-0.15, -0.1) is 0 Å². The Morgan fingerprint density at radius 2 is 1.46 bits per heavy atom. The van der Waals surface area contributed by atoms with Crippen LogP contribution >= 0.6 is 23.2 Å². The standard InChI is InChI=1S/C37H43Cl2N5O4/c1-7-48-31-22-27(35(3,4)24(2)45)12-17-30(31)33-41-36(5,25-8-13-28(38)14-9-25)37(6,26-10-15-29(39)16-11-26)44(33)34(47)43-20-18-42(19-21-43)23-32(40)46/h8-17,22H,7,18-21,23H2,1-6H3,(H2,40,46)/t36-,37+/m0/s1. The summed E-state index contributed by atoms with van der Waals surface area (Å²) in [4.78, 5) is 50.3. The lowest BCUT2D eigenvalue weighted by Gasteiger charge is -2.47. The number of ketones is 1. The Hall–Kier alpha value is -3.92. The summed E-state index contributed by atoms with van der Waals surface area (Å²) in [6.45, 7) is 13.6. The average molecular weight is 693 g/mol. The number of amides is 3. The first-order valence-corrected chi connectivity index (χ1v) is 16.9. The van der Waals surface area contributed by atoms with Gasteiger partial charge in [-0.05, 0) is 94.6 Å². The van der Waals surface area contributed by atoms with Gasteiger partial charge in [0.25, 0.3) is 0 Å². The highest BCUT2D eigenvalue weighted by Gasteiger charge is 2.60. The first-order valence-electron chi connectivity index (χ1n) is 16.1. The zero-order valence-electron chi connectivity index (χ0n) is 28.3. The number of hydrogen-bond acceptors (Lipinski definition) is 6. The highest BCUT2D eigenvalue weighted by Crippen LogP contribution is 2.54. The summed E-state index contributed by atoms with van der Waals surface area (Å²) in [6, 6.07) is 20.5. The van der Waals surface area contributed by atoms with E-state index in [-0.39, 0.29) is 18.4 Å². The molecular formula is C37H43Cl2N5O4. The van der Waals surface area contributed by atoms with Crippen molar-refractivity contribution in [2.45, 2.75) is 58.0 Å². The number of rotatable bonds is 9. The second-order valence-electron chi connectivity index (χ2n) is 13.3. The van der Waals surface area contributed by atoms with E-state index in [9.17, 15) is 9.59 Å². The minimum atomic E-state index is -1.07. The van der Waals surface area contributed by atoms with Crippen molar-refractivity contribution in [3.63, 3.8) is 0 Å². The molecular weight excluding hydrogens is 649 g/mol. The molecule has 0 unspecified atom stereocenters. The largest absolute Gasteiger partial charge is 0.493 e. The number of carbonyl (C=O) groups is 3. The molecule has 2 heterocycles. The molecule has 0 spiro atoms. The van der Waals surface area contributed by atoms with Crippen molar-refractivity contribution in [1.82, 2.24) is 14.7 Å². The van der Waals surface area contributed by atoms with Crippen molar-refractivity contribution in [3.05, 3.63) is 99.0 Å². The summed E-state index contributed by atoms with van der Waals surface area (Å²) in [6.07, 6.45) is 0. The minimum Gasteiger partial charge on any atom is -0.493 e. The van der Waals surface area contributed by atoms with E-state index in [1.165, 1.54) is 0 Å². The van der Waals surface area contributed by atoms with Crippen LogP contribution in [-0.4, -0.2) is 77.6 Å². The molecule has 9 nitrogen and oxygen atoms in total. The van der Waals surface area contributed by atoms with E-state index in [1.807, 2.05) is 106 Å². The van der Waals surface area contributed by atoms with Gasteiger partial charge in [0.2, 0.25) is 5.91 Å². The van der Waals surface area contributed by atoms with Crippen LogP contribution in [-0.2, 0) is 26.1 Å². The number of primary amides is 1. The molecule has 2 aliphatic rings.